The van der Waals surface area contributed by atoms with Gasteiger partial charge >= 0.3 is 6.09 Å². The summed E-state index contributed by atoms with van der Waals surface area (Å²) in [4.78, 5) is 42.1. The lowest BCUT2D eigenvalue weighted by atomic mass is 9.97. The van der Waals surface area contributed by atoms with Gasteiger partial charge < -0.3 is 20.3 Å². The van der Waals surface area contributed by atoms with Gasteiger partial charge in [0.2, 0.25) is 5.91 Å². The minimum atomic E-state index is -0.896. The molecule has 0 radical (unpaired) electrons. The van der Waals surface area contributed by atoms with Crippen LogP contribution in [0.25, 0.3) is 10.8 Å². The number of carbonyl (C=O) groups excluding carboxylic acids is 3. The molecule has 0 saturated heterocycles. The van der Waals surface area contributed by atoms with Gasteiger partial charge in [-0.05, 0) is 87.1 Å². The Balaban J connectivity index is 1.96. The number of ether oxygens (including phenoxy) is 1. The number of alkyl carbamates (subject to hydrolysis) is 1. The molecule has 0 aliphatic carbocycles. The second-order valence-corrected chi connectivity index (χ2v) is 11.4. The minimum absolute atomic E-state index is 0.273. The van der Waals surface area contributed by atoms with Crippen molar-refractivity contribution in [2.24, 2.45) is 0 Å². The Kier molecular flexibility index (Phi) is 10.4. The molecule has 0 aliphatic rings. The number of hydrogen-bond acceptors (Lipinski definition) is 5. The number of thioether (sulfide) groups is 1. The molecular formula is C31H39N3O4S. The normalized spacial score (nSPS) is 12.9. The van der Waals surface area contributed by atoms with Crippen LogP contribution in [0.1, 0.15) is 51.3 Å². The van der Waals surface area contributed by atoms with Crippen LogP contribution in [0, 0.1) is 6.92 Å². The first-order valence-corrected chi connectivity index (χ1v) is 14.6. The van der Waals surface area contributed by atoms with Crippen molar-refractivity contribution in [1.82, 2.24) is 10.2 Å². The van der Waals surface area contributed by atoms with E-state index in [1.807, 2.05) is 86.8 Å². The molecule has 2 unspecified atom stereocenters. The maximum Gasteiger partial charge on any atom is 0.408 e. The zero-order valence-electron chi connectivity index (χ0n) is 23.6. The number of rotatable bonds is 10. The molecule has 3 aromatic carbocycles. The monoisotopic (exact) mass is 549 g/mol. The topological polar surface area (TPSA) is 87.7 Å². The van der Waals surface area contributed by atoms with Crippen molar-refractivity contribution in [3.8, 4) is 0 Å². The van der Waals surface area contributed by atoms with Crippen LogP contribution < -0.4 is 10.6 Å². The summed E-state index contributed by atoms with van der Waals surface area (Å²) in [6.07, 6.45) is 1.69. The summed E-state index contributed by atoms with van der Waals surface area (Å²) < 4.78 is 5.43. The van der Waals surface area contributed by atoms with Crippen LogP contribution in [0.3, 0.4) is 0 Å². The van der Waals surface area contributed by atoms with Gasteiger partial charge in [0.25, 0.3) is 5.91 Å². The van der Waals surface area contributed by atoms with E-state index in [4.69, 9.17) is 4.74 Å². The van der Waals surface area contributed by atoms with Crippen molar-refractivity contribution in [1.29, 1.82) is 0 Å². The Bertz CT molecular complexity index is 1300. The molecule has 0 spiro atoms. The van der Waals surface area contributed by atoms with Gasteiger partial charge in [-0.1, -0.05) is 54.6 Å². The molecule has 0 heterocycles. The Morgan fingerprint density at radius 1 is 0.974 bits per heavy atom. The van der Waals surface area contributed by atoms with Crippen molar-refractivity contribution < 1.29 is 19.1 Å². The smallest absolute Gasteiger partial charge is 0.408 e. The molecule has 0 bridgehead atoms. The van der Waals surface area contributed by atoms with Crippen molar-refractivity contribution in [3.63, 3.8) is 0 Å². The molecule has 3 amide bonds. The molecule has 0 aliphatic heterocycles. The van der Waals surface area contributed by atoms with Gasteiger partial charge in [0.05, 0.1) is 0 Å². The fourth-order valence-corrected chi connectivity index (χ4v) is 4.90. The summed E-state index contributed by atoms with van der Waals surface area (Å²) in [5.41, 5.74) is 1.56. The average molecular weight is 550 g/mol. The number of nitrogens with zero attached hydrogens (tertiary/aromatic N) is 1. The molecular weight excluding hydrogens is 510 g/mol. The van der Waals surface area contributed by atoms with Gasteiger partial charge in [-0.15, -0.1) is 0 Å². The highest BCUT2D eigenvalue weighted by Crippen LogP contribution is 2.28. The Morgan fingerprint density at radius 3 is 2.28 bits per heavy atom. The Morgan fingerprint density at radius 2 is 1.64 bits per heavy atom. The summed E-state index contributed by atoms with van der Waals surface area (Å²) in [5, 5.41) is 7.86. The summed E-state index contributed by atoms with van der Waals surface area (Å²) in [5.74, 6) is -0.00258. The molecule has 8 heteroatoms. The molecule has 0 saturated carbocycles. The fourth-order valence-electron chi connectivity index (χ4n) is 4.43. The van der Waals surface area contributed by atoms with Crippen molar-refractivity contribution in [2.75, 3.05) is 23.9 Å². The van der Waals surface area contributed by atoms with Crippen LogP contribution in [-0.4, -0.2) is 53.0 Å². The lowest BCUT2D eigenvalue weighted by molar-refractivity contribution is -0.140. The molecule has 3 rings (SSSR count). The van der Waals surface area contributed by atoms with E-state index in [0.717, 1.165) is 21.9 Å². The summed E-state index contributed by atoms with van der Waals surface area (Å²) in [6.45, 7) is 9.35. The number of aryl methyl sites for hydroxylation is 1. The molecule has 208 valence electrons. The number of likely N-dealkylation sites (N-methyl/N-ethyl adjacent to an activating group) is 1. The van der Waals surface area contributed by atoms with Gasteiger partial charge in [-0.25, -0.2) is 4.79 Å². The lowest BCUT2D eigenvalue weighted by Crippen LogP contribution is -2.52. The highest BCUT2D eigenvalue weighted by Gasteiger charge is 2.36. The minimum Gasteiger partial charge on any atom is -0.444 e. The third-order valence-corrected chi connectivity index (χ3v) is 6.93. The first-order valence-electron chi connectivity index (χ1n) is 13.2. The Labute approximate surface area is 235 Å². The van der Waals surface area contributed by atoms with Crippen LogP contribution >= 0.6 is 11.8 Å². The number of carbonyl (C=O) groups is 3. The maximum atomic E-state index is 14.0. The molecule has 39 heavy (non-hydrogen) atoms. The molecule has 0 fully saturated rings. The number of amides is 3. The zero-order chi connectivity index (χ0) is 28.6. The highest BCUT2D eigenvalue weighted by molar-refractivity contribution is 7.98. The number of anilines is 1. The predicted molar refractivity (Wildman–Crippen MR) is 160 cm³/mol. The zero-order valence-corrected chi connectivity index (χ0v) is 24.4. The van der Waals surface area contributed by atoms with Crippen LogP contribution in [0.2, 0.25) is 0 Å². The van der Waals surface area contributed by atoms with E-state index in [1.54, 1.807) is 37.4 Å². The number of fused-ring (bicyclic) bond motifs is 1. The van der Waals surface area contributed by atoms with E-state index in [-0.39, 0.29) is 18.4 Å². The molecule has 7 nitrogen and oxygen atoms in total. The van der Waals surface area contributed by atoms with E-state index >= 15 is 0 Å². The largest absolute Gasteiger partial charge is 0.444 e. The number of benzene rings is 3. The third-order valence-electron chi connectivity index (χ3n) is 6.28. The number of nitrogens with one attached hydrogen (secondary N) is 2. The van der Waals surface area contributed by atoms with E-state index in [0.29, 0.717) is 17.9 Å². The van der Waals surface area contributed by atoms with Crippen LogP contribution in [0.4, 0.5) is 10.5 Å². The Hall–Kier alpha value is -3.52. The molecule has 2 N–H and O–H groups in total. The van der Waals surface area contributed by atoms with Crippen molar-refractivity contribution in [3.05, 3.63) is 77.9 Å². The predicted octanol–water partition coefficient (Wildman–Crippen LogP) is 6.32. The summed E-state index contributed by atoms with van der Waals surface area (Å²) in [7, 11) is 0. The van der Waals surface area contributed by atoms with Crippen molar-refractivity contribution in [2.45, 2.75) is 58.7 Å². The van der Waals surface area contributed by atoms with Gasteiger partial charge in [-0.2, -0.15) is 11.8 Å². The van der Waals surface area contributed by atoms with E-state index < -0.39 is 23.8 Å². The van der Waals surface area contributed by atoms with E-state index in [2.05, 4.69) is 10.6 Å². The molecule has 0 aromatic heterocycles. The van der Waals surface area contributed by atoms with Crippen LogP contribution in [0.15, 0.2) is 66.7 Å². The summed E-state index contributed by atoms with van der Waals surface area (Å²) >= 11 is 1.58. The van der Waals surface area contributed by atoms with Gasteiger partial charge in [0.15, 0.2) is 0 Å². The highest BCUT2D eigenvalue weighted by atomic mass is 32.2. The first-order chi connectivity index (χ1) is 18.5. The second-order valence-electron chi connectivity index (χ2n) is 10.4. The van der Waals surface area contributed by atoms with E-state index in [1.165, 1.54) is 0 Å². The fraction of sp³-hybridized carbons (Fsp3) is 0.387. The quantitative estimate of drug-likeness (QED) is 0.309. The van der Waals surface area contributed by atoms with Crippen LogP contribution in [0.5, 0.6) is 0 Å². The SMILES string of the molecule is CCN(C(=O)C(CCSC)NC(=O)OC(C)(C)C)C(C(=O)Nc1ccc2ccccc2c1)c1ccccc1C. The van der Waals surface area contributed by atoms with Gasteiger partial charge in [0, 0.05) is 12.2 Å². The molecule has 3 aromatic rings. The lowest BCUT2D eigenvalue weighted by Gasteiger charge is -2.34. The van der Waals surface area contributed by atoms with Crippen LogP contribution in [-0.2, 0) is 14.3 Å². The number of hydrogen-bond donors (Lipinski definition) is 2. The average Bonchev–Trinajstić information content (AvgIpc) is 2.88. The van der Waals surface area contributed by atoms with Crippen molar-refractivity contribution >= 4 is 46.1 Å². The third kappa shape index (κ3) is 8.23. The summed E-state index contributed by atoms with van der Waals surface area (Å²) in [6, 6.07) is 19.5. The first kappa shape index (κ1) is 30.0. The molecule has 2 atom stereocenters. The van der Waals surface area contributed by atoms with Gasteiger partial charge in [-0.3, -0.25) is 9.59 Å². The second kappa shape index (κ2) is 13.5. The standard InChI is InChI=1S/C31H39N3O4S/c1-7-34(29(36)26(18-19-39-6)33-30(37)38-31(3,4)5)27(25-15-11-8-12-21(25)2)28(35)32-24-17-16-22-13-9-10-14-23(22)20-24/h8-17,20,26-27H,7,18-19H2,1-6H3,(H,32,35)(H,33,37). The van der Waals surface area contributed by atoms with Gasteiger partial charge in [0.1, 0.15) is 17.7 Å². The maximum absolute atomic E-state index is 14.0. The van der Waals surface area contributed by atoms with E-state index in [9.17, 15) is 14.4 Å².